The number of nitro groups is 1. The first-order chi connectivity index (χ1) is 6.91. The smallest absolute Gasteiger partial charge is 0.311 e. The molecule has 80 valence electrons. The number of phenols is 1. The van der Waals surface area contributed by atoms with Crippen LogP contribution in [0.5, 0.6) is 5.75 Å². The van der Waals surface area contributed by atoms with E-state index in [1.54, 1.807) is 6.92 Å². The van der Waals surface area contributed by atoms with Crippen molar-refractivity contribution in [2.45, 2.75) is 13.8 Å². The molecular formula is C9H10N2O4. The summed E-state index contributed by atoms with van der Waals surface area (Å²) < 4.78 is 0. The molecule has 1 aromatic rings. The Morgan fingerprint density at radius 1 is 1.53 bits per heavy atom. The lowest BCUT2D eigenvalue weighted by Gasteiger charge is -2.06. The van der Waals surface area contributed by atoms with Gasteiger partial charge in [-0.25, -0.2) is 0 Å². The molecule has 0 bridgehead atoms. The number of aromatic hydroxyl groups is 1. The van der Waals surface area contributed by atoms with Gasteiger partial charge in [0.25, 0.3) is 0 Å². The largest absolute Gasteiger partial charge is 0.502 e. The molecule has 0 aliphatic heterocycles. The molecule has 0 aliphatic rings. The van der Waals surface area contributed by atoms with Gasteiger partial charge in [0.15, 0.2) is 5.75 Å². The fraction of sp³-hybridized carbons (Fsp3) is 0.222. The van der Waals surface area contributed by atoms with Crippen LogP contribution in [-0.4, -0.2) is 15.9 Å². The SMILES string of the molecule is CC(=O)Nc1cc(O)c([N+](=O)[O-])cc1C. The number of carbonyl (C=O) groups excluding carboxylic acids is 1. The van der Waals surface area contributed by atoms with Crippen LogP contribution in [0.2, 0.25) is 0 Å². The molecule has 1 rings (SSSR count). The number of hydrogen-bond acceptors (Lipinski definition) is 4. The van der Waals surface area contributed by atoms with E-state index < -0.39 is 10.7 Å². The Kier molecular flexibility index (Phi) is 2.89. The van der Waals surface area contributed by atoms with Crippen molar-refractivity contribution >= 4 is 17.3 Å². The van der Waals surface area contributed by atoms with Crippen LogP contribution in [0.25, 0.3) is 0 Å². The minimum atomic E-state index is -0.681. The summed E-state index contributed by atoms with van der Waals surface area (Å²) in [5.74, 6) is -0.763. The van der Waals surface area contributed by atoms with Crippen LogP contribution >= 0.6 is 0 Å². The number of carbonyl (C=O) groups is 1. The summed E-state index contributed by atoms with van der Waals surface area (Å²) in [4.78, 5) is 20.6. The van der Waals surface area contributed by atoms with Crippen molar-refractivity contribution in [3.8, 4) is 5.75 Å². The van der Waals surface area contributed by atoms with Gasteiger partial charge in [0, 0.05) is 24.7 Å². The van der Waals surface area contributed by atoms with Crippen LogP contribution < -0.4 is 5.32 Å². The maximum Gasteiger partial charge on any atom is 0.311 e. The number of rotatable bonds is 2. The zero-order chi connectivity index (χ0) is 11.6. The Bertz CT molecular complexity index is 428. The average molecular weight is 210 g/mol. The third-order valence-corrected chi connectivity index (χ3v) is 1.83. The Balaban J connectivity index is 3.19. The van der Waals surface area contributed by atoms with E-state index in [9.17, 15) is 20.0 Å². The molecule has 0 atom stereocenters. The van der Waals surface area contributed by atoms with Gasteiger partial charge in [-0.2, -0.15) is 0 Å². The number of nitro benzene ring substituents is 1. The van der Waals surface area contributed by atoms with E-state index >= 15 is 0 Å². The van der Waals surface area contributed by atoms with Crippen LogP contribution in [0, 0.1) is 17.0 Å². The second-order valence-corrected chi connectivity index (χ2v) is 3.09. The zero-order valence-electron chi connectivity index (χ0n) is 8.27. The number of benzene rings is 1. The summed E-state index contributed by atoms with van der Waals surface area (Å²) in [6, 6.07) is 2.37. The topological polar surface area (TPSA) is 92.5 Å². The molecular weight excluding hydrogens is 200 g/mol. The number of nitrogens with zero attached hydrogens (tertiary/aromatic N) is 1. The Labute approximate surface area is 85.7 Å². The first-order valence-corrected chi connectivity index (χ1v) is 4.17. The summed E-state index contributed by atoms with van der Waals surface area (Å²) in [6.45, 7) is 2.93. The van der Waals surface area contributed by atoms with Gasteiger partial charge < -0.3 is 10.4 Å². The quantitative estimate of drug-likeness (QED) is 0.572. The van der Waals surface area contributed by atoms with E-state index in [0.29, 0.717) is 11.3 Å². The van der Waals surface area contributed by atoms with Gasteiger partial charge in [-0.1, -0.05) is 0 Å². The molecule has 0 spiro atoms. The lowest BCUT2D eigenvalue weighted by atomic mass is 10.1. The second kappa shape index (κ2) is 3.95. The fourth-order valence-electron chi connectivity index (χ4n) is 1.15. The van der Waals surface area contributed by atoms with Crippen molar-refractivity contribution in [3.63, 3.8) is 0 Å². The molecule has 1 amide bonds. The zero-order valence-corrected chi connectivity index (χ0v) is 8.27. The van der Waals surface area contributed by atoms with Gasteiger partial charge in [-0.3, -0.25) is 14.9 Å². The first-order valence-electron chi connectivity index (χ1n) is 4.17. The van der Waals surface area contributed by atoms with Gasteiger partial charge >= 0.3 is 5.69 Å². The number of phenolic OH excluding ortho intramolecular Hbond substituents is 1. The normalized spacial score (nSPS) is 9.73. The molecule has 0 saturated heterocycles. The van der Waals surface area contributed by atoms with E-state index in [2.05, 4.69) is 5.32 Å². The molecule has 1 aromatic carbocycles. The van der Waals surface area contributed by atoms with E-state index in [1.165, 1.54) is 13.0 Å². The molecule has 0 heterocycles. The molecule has 0 aromatic heterocycles. The molecule has 0 aliphatic carbocycles. The van der Waals surface area contributed by atoms with Crippen LogP contribution in [0.3, 0.4) is 0 Å². The van der Waals surface area contributed by atoms with Crippen molar-refractivity contribution in [1.82, 2.24) is 0 Å². The summed E-state index contributed by atoms with van der Waals surface area (Å²) >= 11 is 0. The Hall–Kier alpha value is -2.11. The first kappa shape index (κ1) is 11.0. The van der Waals surface area contributed by atoms with Crippen molar-refractivity contribution in [3.05, 3.63) is 27.8 Å². The number of hydrogen-bond donors (Lipinski definition) is 2. The molecule has 15 heavy (non-hydrogen) atoms. The van der Waals surface area contributed by atoms with Gasteiger partial charge in [-0.05, 0) is 12.5 Å². The van der Waals surface area contributed by atoms with E-state index in [4.69, 9.17) is 0 Å². The highest BCUT2D eigenvalue weighted by Crippen LogP contribution is 2.31. The van der Waals surface area contributed by atoms with Crippen LogP contribution in [0.4, 0.5) is 11.4 Å². The molecule has 2 N–H and O–H groups in total. The lowest BCUT2D eigenvalue weighted by molar-refractivity contribution is -0.385. The van der Waals surface area contributed by atoms with E-state index in [1.807, 2.05) is 0 Å². The molecule has 0 fully saturated rings. The molecule has 6 nitrogen and oxygen atoms in total. The molecule has 0 radical (unpaired) electrons. The van der Waals surface area contributed by atoms with Crippen molar-refractivity contribution in [2.24, 2.45) is 0 Å². The summed E-state index contributed by atoms with van der Waals surface area (Å²) in [5, 5.41) is 22.2. The number of amides is 1. The summed E-state index contributed by atoms with van der Waals surface area (Å²) in [7, 11) is 0. The molecule has 0 saturated carbocycles. The Morgan fingerprint density at radius 2 is 2.13 bits per heavy atom. The molecule has 6 heteroatoms. The van der Waals surface area contributed by atoms with E-state index in [-0.39, 0.29) is 11.6 Å². The standard InChI is InChI=1S/C9H10N2O4/c1-5-3-8(11(14)15)9(13)4-7(5)10-6(2)12/h3-4,13H,1-2H3,(H,10,12). The van der Waals surface area contributed by atoms with Crippen molar-refractivity contribution in [2.75, 3.05) is 5.32 Å². The molecule has 0 unspecified atom stereocenters. The summed E-state index contributed by atoms with van der Waals surface area (Å²) in [6.07, 6.45) is 0. The highest BCUT2D eigenvalue weighted by atomic mass is 16.6. The van der Waals surface area contributed by atoms with Gasteiger partial charge in [0.2, 0.25) is 5.91 Å². The Morgan fingerprint density at radius 3 is 2.60 bits per heavy atom. The number of anilines is 1. The highest BCUT2D eigenvalue weighted by molar-refractivity contribution is 5.90. The van der Waals surface area contributed by atoms with Gasteiger partial charge in [0.05, 0.1) is 4.92 Å². The summed E-state index contributed by atoms with van der Waals surface area (Å²) in [5.41, 5.74) is 0.516. The van der Waals surface area contributed by atoms with Crippen molar-refractivity contribution in [1.29, 1.82) is 0 Å². The lowest BCUT2D eigenvalue weighted by Crippen LogP contribution is -2.07. The van der Waals surface area contributed by atoms with E-state index in [0.717, 1.165) is 6.07 Å². The third-order valence-electron chi connectivity index (χ3n) is 1.83. The minimum Gasteiger partial charge on any atom is -0.502 e. The number of aryl methyl sites for hydroxylation is 1. The fourth-order valence-corrected chi connectivity index (χ4v) is 1.15. The maximum absolute atomic E-state index is 10.8. The number of nitrogens with one attached hydrogen (secondary N) is 1. The minimum absolute atomic E-state index is 0.300. The van der Waals surface area contributed by atoms with Crippen LogP contribution in [0.15, 0.2) is 12.1 Å². The van der Waals surface area contributed by atoms with Crippen LogP contribution in [-0.2, 0) is 4.79 Å². The average Bonchev–Trinajstić information content (AvgIpc) is 2.09. The van der Waals surface area contributed by atoms with Crippen LogP contribution in [0.1, 0.15) is 12.5 Å². The third kappa shape index (κ3) is 2.43. The van der Waals surface area contributed by atoms with Crippen molar-refractivity contribution < 1.29 is 14.8 Å². The van der Waals surface area contributed by atoms with Gasteiger partial charge in [-0.15, -0.1) is 0 Å². The predicted octanol–water partition coefficient (Wildman–Crippen LogP) is 1.57. The highest BCUT2D eigenvalue weighted by Gasteiger charge is 2.15. The maximum atomic E-state index is 10.8. The predicted molar refractivity (Wildman–Crippen MR) is 53.8 cm³/mol. The van der Waals surface area contributed by atoms with Gasteiger partial charge in [0.1, 0.15) is 0 Å². The monoisotopic (exact) mass is 210 g/mol. The second-order valence-electron chi connectivity index (χ2n) is 3.09.